The second-order valence-corrected chi connectivity index (χ2v) is 4.84. The van der Waals surface area contributed by atoms with Crippen LogP contribution in [0.1, 0.15) is 33.6 Å². The van der Waals surface area contributed by atoms with E-state index in [0.29, 0.717) is 5.41 Å². The van der Waals surface area contributed by atoms with Crippen LogP contribution in [-0.2, 0) is 4.79 Å². The van der Waals surface area contributed by atoms with Crippen LogP contribution in [0.15, 0.2) is 0 Å². The lowest BCUT2D eigenvalue weighted by molar-refractivity contribution is -0.130. The molecule has 1 N–H and O–H groups in total. The van der Waals surface area contributed by atoms with Crippen LogP contribution in [0.5, 0.6) is 0 Å². The van der Waals surface area contributed by atoms with Crippen molar-refractivity contribution in [2.45, 2.75) is 45.8 Å². The maximum atomic E-state index is 11.7. The molecule has 2 rings (SSSR count). The number of nitrogens with one attached hydrogen (secondary N) is 1. The van der Waals surface area contributed by atoms with Crippen LogP contribution in [0, 0.1) is 5.41 Å². The van der Waals surface area contributed by atoms with Crippen LogP contribution in [0.3, 0.4) is 0 Å². The molecule has 1 aliphatic heterocycles. The molecule has 1 heterocycles. The van der Waals surface area contributed by atoms with Crippen molar-refractivity contribution in [3.63, 3.8) is 0 Å². The summed E-state index contributed by atoms with van der Waals surface area (Å²) in [7, 11) is 0. The summed E-state index contributed by atoms with van der Waals surface area (Å²) < 4.78 is 0. The second kappa shape index (κ2) is 2.71. The molecule has 1 aliphatic carbocycles. The molecule has 13 heavy (non-hydrogen) atoms. The topological polar surface area (TPSA) is 32.3 Å². The molecule has 1 amide bonds. The molecule has 1 saturated heterocycles. The third-order valence-electron chi connectivity index (χ3n) is 3.27. The van der Waals surface area contributed by atoms with E-state index in [0.717, 1.165) is 6.54 Å². The predicted molar refractivity (Wildman–Crippen MR) is 51.1 cm³/mol. The van der Waals surface area contributed by atoms with Crippen LogP contribution in [0.25, 0.3) is 0 Å². The summed E-state index contributed by atoms with van der Waals surface area (Å²) in [4.78, 5) is 13.7. The number of carbonyl (C=O) groups is 1. The van der Waals surface area contributed by atoms with Crippen molar-refractivity contribution in [2.24, 2.45) is 5.41 Å². The Morgan fingerprint density at radius 2 is 2.15 bits per heavy atom. The van der Waals surface area contributed by atoms with Gasteiger partial charge in [0.15, 0.2) is 0 Å². The van der Waals surface area contributed by atoms with Crippen molar-refractivity contribution >= 4 is 5.91 Å². The Hall–Kier alpha value is -0.570. The molecule has 0 aromatic carbocycles. The Balaban J connectivity index is 2.01. The Morgan fingerprint density at radius 3 is 2.54 bits per heavy atom. The SMILES string of the molecule is CC1NC(C)N(CC2(C)CC2)C1=O. The fourth-order valence-electron chi connectivity index (χ4n) is 1.96. The first kappa shape index (κ1) is 9.00. The number of amides is 1. The summed E-state index contributed by atoms with van der Waals surface area (Å²) in [6.45, 7) is 7.20. The van der Waals surface area contributed by atoms with E-state index in [4.69, 9.17) is 0 Å². The molecule has 0 radical (unpaired) electrons. The normalized spacial score (nSPS) is 36.8. The van der Waals surface area contributed by atoms with Crippen LogP contribution in [-0.4, -0.2) is 29.6 Å². The van der Waals surface area contributed by atoms with Crippen molar-refractivity contribution < 1.29 is 4.79 Å². The molecule has 3 heteroatoms. The van der Waals surface area contributed by atoms with Crippen molar-refractivity contribution in [1.82, 2.24) is 10.2 Å². The summed E-state index contributed by atoms with van der Waals surface area (Å²) in [6, 6.07) is 0.0114. The van der Waals surface area contributed by atoms with Gasteiger partial charge in [0.25, 0.3) is 0 Å². The average molecular weight is 182 g/mol. The highest BCUT2D eigenvalue weighted by Crippen LogP contribution is 2.46. The molecule has 2 atom stereocenters. The van der Waals surface area contributed by atoms with Crippen LogP contribution < -0.4 is 5.32 Å². The summed E-state index contributed by atoms with van der Waals surface area (Å²) in [6.07, 6.45) is 2.77. The molecule has 0 aromatic heterocycles. The lowest BCUT2D eigenvalue weighted by Crippen LogP contribution is -2.38. The van der Waals surface area contributed by atoms with Gasteiger partial charge in [0.05, 0.1) is 12.2 Å². The van der Waals surface area contributed by atoms with Gasteiger partial charge in [-0.05, 0) is 32.1 Å². The molecular weight excluding hydrogens is 164 g/mol. The predicted octanol–water partition coefficient (Wildman–Crippen LogP) is 0.953. The van der Waals surface area contributed by atoms with E-state index >= 15 is 0 Å². The van der Waals surface area contributed by atoms with Gasteiger partial charge in [-0.3, -0.25) is 10.1 Å². The van der Waals surface area contributed by atoms with Gasteiger partial charge in [-0.2, -0.15) is 0 Å². The monoisotopic (exact) mass is 182 g/mol. The minimum absolute atomic E-state index is 0.0114. The molecule has 2 unspecified atom stereocenters. The van der Waals surface area contributed by atoms with E-state index in [2.05, 4.69) is 19.2 Å². The van der Waals surface area contributed by atoms with E-state index < -0.39 is 0 Å². The minimum Gasteiger partial charge on any atom is -0.326 e. The Morgan fingerprint density at radius 1 is 1.54 bits per heavy atom. The van der Waals surface area contributed by atoms with Gasteiger partial charge in [-0.1, -0.05) is 6.92 Å². The number of nitrogens with zero attached hydrogens (tertiary/aromatic N) is 1. The van der Waals surface area contributed by atoms with Crippen molar-refractivity contribution in [3.05, 3.63) is 0 Å². The molecular formula is C10H18N2O. The Labute approximate surface area is 79.5 Å². The number of carbonyl (C=O) groups excluding carboxylic acids is 1. The fourth-order valence-corrected chi connectivity index (χ4v) is 1.96. The first-order chi connectivity index (χ1) is 6.02. The second-order valence-electron chi connectivity index (χ2n) is 4.84. The highest BCUT2D eigenvalue weighted by Gasteiger charge is 2.43. The van der Waals surface area contributed by atoms with Gasteiger partial charge in [0.1, 0.15) is 0 Å². The van der Waals surface area contributed by atoms with Gasteiger partial charge in [-0.15, -0.1) is 0 Å². The molecule has 0 aromatic rings. The fraction of sp³-hybridized carbons (Fsp3) is 0.900. The summed E-state index contributed by atoms with van der Waals surface area (Å²) >= 11 is 0. The zero-order valence-electron chi connectivity index (χ0n) is 8.63. The van der Waals surface area contributed by atoms with Gasteiger partial charge >= 0.3 is 0 Å². The maximum Gasteiger partial charge on any atom is 0.240 e. The lowest BCUT2D eigenvalue weighted by atomic mass is 10.1. The van der Waals surface area contributed by atoms with Crippen LogP contribution in [0.4, 0.5) is 0 Å². The van der Waals surface area contributed by atoms with E-state index in [1.807, 2.05) is 11.8 Å². The highest BCUT2D eigenvalue weighted by molar-refractivity contribution is 5.83. The zero-order chi connectivity index (χ0) is 9.64. The van der Waals surface area contributed by atoms with Gasteiger partial charge in [-0.25, -0.2) is 0 Å². The standard InChI is InChI=1S/C10H18N2O/c1-7-9(13)12(8(2)11-7)6-10(3)4-5-10/h7-8,11H,4-6H2,1-3H3. The number of hydrogen-bond acceptors (Lipinski definition) is 2. The first-order valence-electron chi connectivity index (χ1n) is 5.08. The summed E-state index contributed by atoms with van der Waals surface area (Å²) in [5.41, 5.74) is 0.426. The van der Waals surface area contributed by atoms with Crippen molar-refractivity contribution in [1.29, 1.82) is 0 Å². The van der Waals surface area contributed by atoms with Crippen LogP contribution in [0.2, 0.25) is 0 Å². The summed E-state index contributed by atoms with van der Waals surface area (Å²) in [5, 5.41) is 3.24. The largest absolute Gasteiger partial charge is 0.326 e. The van der Waals surface area contributed by atoms with Gasteiger partial charge in [0.2, 0.25) is 5.91 Å². The van der Waals surface area contributed by atoms with E-state index in [1.165, 1.54) is 12.8 Å². The number of hydrogen-bond donors (Lipinski definition) is 1. The zero-order valence-corrected chi connectivity index (χ0v) is 8.63. The summed E-state index contributed by atoms with van der Waals surface area (Å²) in [5.74, 6) is 0.264. The Bertz CT molecular complexity index is 235. The molecule has 0 spiro atoms. The Kier molecular flexibility index (Phi) is 1.88. The minimum atomic E-state index is 0.0114. The number of rotatable bonds is 2. The third-order valence-corrected chi connectivity index (χ3v) is 3.27. The van der Waals surface area contributed by atoms with E-state index in [9.17, 15) is 4.79 Å². The quantitative estimate of drug-likeness (QED) is 0.689. The van der Waals surface area contributed by atoms with E-state index in [1.54, 1.807) is 0 Å². The molecule has 2 aliphatic rings. The first-order valence-corrected chi connectivity index (χ1v) is 5.08. The molecule has 0 bridgehead atoms. The van der Waals surface area contributed by atoms with Crippen molar-refractivity contribution in [3.8, 4) is 0 Å². The molecule has 74 valence electrons. The maximum absolute atomic E-state index is 11.7. The van der Waals surface area contributed by atoms with E-state index in [-0.39, 0.29) is 18.1 Å². The van der Waals surface area contributed by atoms with Gasteiger partial charge in [0, 0.05) is 6.54 Å². The third kappa shape index (κ3) is 1.57. The molecule has 1 saturated carbocycles. The highest BCUT2D eigenvalue weighted by atomic mass is 16.2. The van der Waals surface area contributed by atoms with Crippen molar-refractivity contribution in [2.75, 3.05) is 6.54 Å². The molecule has 3 nitrogen and oxygen atoms in total. The van der Waals surface area contributed by atoms with Gasteiger partial charge < -0.3 is 4.90 Å². The van der Waals surface area contributed by atoms with Crippen LogP contribution >= 0.6 is 0 Å². The lowest BCUT2D eigenvalue weighted by Gasteiger charge is -2.24. The smallest absolute Gasteiger partial charge is 0.240 e. The average Bonchev–Trinajstić information content (AvgIpc) is 2.73. The molecule has 2 fully saturated rings.